The third-order valence-electron chi connectivity index (χ3n) is 1.56. The van der Waals surface area contributed by atoms with Gasteiger partial charge in [-0.25, -0.2) is 0 Å². The molecule has 0 heterocycles. The number of halogens is 2. The van der Waals surface area contributed by atoms with Crippen LogP contribution in [0.25, 0.3) is 0 Å². The van der Waals surface area contributed by atoms with Gasteiger partial charge in [0.2, 0.25) is 0 Å². The first kappa shape index (κ1) is 10.2. The van der Waals surface area contributed by atoms with E-state index in [-0.39, 0.29) is 22.5 Å². The summed E-state index contributed by atoms with van der Waals surface area (Å²) in [5, 5.41) is -0.403. The van der Waals surface area contributed by atoms with Crippen molar-refractivity contribution in [1.29, 1.82) is 0 Å². The molecule has 0 saturated heterocycles. The van der Waals surface area contributed by atoms with Gasteiger partial charge in [-0.1, -0.05) is 6.92 Å². The molecule has 0 aliphatic carbocycles. The maximum absolute atomic E-state index is 10.7. The van der Waals surface area contributed by atoms with Crippen molar-refractivity contribution in [1.82, 2.24) is 0 Å². The van der Waals surface area contributed by atoms with Gasteiger partial charge < -0.3 is 0 Å². The highest BCUT2D eigenvalue weighted by molar-refractivity contribution is 6.30. The second-order valence-corrected chi connectivity index (χ2v) is 3.71. The summed E-state index contributed by atoms with van der Waals surface area (Å²) in [7, 11) is 0. The van der Waals surface area contributed by atoms with Gasteiger partial charge in [-0.2, -0.15) is 0 Å². The Hall–Kier alpha value is 0.250. The molecule has 0 aliphatic rings. The molecule has 0 N–H and O–H groups in total. The summed E-state index contributed by atoms with van der Waals surface area (Å²) in [6, 6.07) is 0. The molecule has 0 aromatic carbocycles. The van der Waals surface area contributed by atoms with Crippen LogP contribution in [-0.2, 0) is 4.79 Å². The average Bonchev–Trinajstić information content (AvgIpc) is 1.84. The Labute approximate surface area is 71.7 Å². The molecule has 0 amide bonds. The highest BCUT2D eigenvalue weighted by atomic mass is 35.5. The maximum atomic E-state index is 10.7. The first-order chi connectivity index (χ1) is 4.46. The summed E-state index contributed by atoms with van der Waals surface area (Å²) in [6.45, 7) is 5.11. The summed E-state index contributed by atoms with van der Waals surface area (Å²) >= 11 is 11.5. The van der Waals surface area contributed by atoms with Gasteiger partial charge in [-0.3, -0.25) is 4.79 Å². The van der Waals surface area contributed by atoms with Gasteiger partial charge in [0, 0.05) is 11.3 Å². The van der Waals surface area contributed by atoms with Crippen molar-refractivity contribution < 1.29 is 4.79 Å². The van der Waals surface area contributed by atoms with E-state index in [1.54, 1.807) is 13.8 Å². The van der Waals surface area contributed by atoms with Crippen molar-refractivity contribution in [2.75, 3.05) is 0 Å². The molecule has 0 aromatic heterocycles. The smallest absolute Gasteiger partial charge is 0.134 e. The lowest BCUT2D eigenvalue weighted by Gasteiger charge is -2.16. The summed E-state index contributed by atoms with van der Waals surface area (Å²) in [4.78, 5) is 10.7. The van der Waals surface area contributed by atoms with Gasteiger partial charge in [0.25, 0.3) is 0 Å². The van der Waals surface area contributed by atoms with Gasteiger partial charge in [-0.05, 0) is 13.8 Å². The van der Waals surface area contributed by atoms with E-state index in [0.29, 0.717) is 0 Å². The highest BCUT2D eigenvalue weighted by Crippen LogP contribution is 2.18. The normalized spacial score (nSPS) is 19.7. The van der Waals surface area contributed by atoms with E-state index in [0.717, 1.165) is 0 Å². The van der Waals surface area contributed by atoms with Crippen molar-refractivity contribution in [3.63, 3.8) is 0 Å². The zero-order chi connectivity index (χ0) is 8.31. The fraction of sp³-hybridized carbons (Fsp3) is 0.857. The predicted molar refractivity (Wildman–Crippen MR) is 44.8 cm³/mol. The molecular formula is C7H12Cl2O. The molecule has 60 valence electrons. The number of alkyl halides is 2. The molecule has 0 rings (SSSR count). The van der Waals surface area contributed by atoms with E-state index in [1.165, 1.54) is 6.92 Å². The largest absolute Gasteiger partial charge is 0.300 e. The van der Waals surface area contributed by atoms with Gasteiger partial charge in [0.05, 0.1) is 5.38 Å². The molecule has 0 aromatic rings. The van der Waals surface area contributed by atoms with Crippen LogP contribution in [0.4, 0.5) is 0 Å². The van der Waals surface area contributed by atoms with Crippen LogP contribution in [0.1, 0.15) is 20.8 Å². The topological polar surface area (TPSA) is 17.1 Å². The molecule has 0 radical (unpaired) electrons. The fourth-order valence-corrected chi connectivity index (χ4v) is 1.02. The summed E-state index contributed by atoms with van der Waals surface area (Å²) in [6.07, 6.45) is 0. The van der Waals surface area contributed by atoms with Crippen molar-refractivity contribution in [3.05, 3.63) is 0 Å². The molecule has 0 bridgehead atoms. The highest BCUT2D eigenvalue weighted by Gasteiger charge is 2.22. The van der Waals surface area contributed by atoms with Gasteiger partial charge >= 0.3 is 0 Å². The van der Waals surface area contributed by atoms with Crippen molar-refractivity contribution >= 4 is 29.0 Å². The number of Topliss-reactive ketones (excluding diaryl/α,β-unsaturated/α-hetero) is 1. The molecule has 3 unspecified atom stereocenters. The lowest BCUT2D eigenvalue weighted by atomic mass is 10.0. The monoisotopic (exact) mass is 182 g/mol. The van der Waals surface area contributed by atoms with Crippen LogP contribution in [0.15, 0.2) is 0 Å². The number of carbonyl (C=O) groups excluding carboxylic acids is 1. The maximum Gasteiger partial charge on any atom is 0.134 e. The quantitative estimate of drug-likeness (QED) is 0.614. The van der Waals surface area contributed by atoms with Gasteiger partial charge in [-0.15, -0.1) is 23.2 Å². The Morgan fingerprint density at radius 1 is 1.30 bits per heavy atom. The third-order valence-corrected chi connectivity index (χ3v) is 2.71. The first-order valence-corrected chi connectivity index (χ1v) is 4.12. The number of carbonyl (C=O) groups is 1. The van der Waals surface area contributed by atoms with E-state index >= 15 is 0 Å². The molecule has 0 aliphatic heterocycles. The van der Waals surface area contributed by atoms with Crippen molar-refractivity contribution in [2.45, 2.75) is 31.5 Å². The number of hydrogen-bond donors (Lipinski definition) is 0. The second-order valence-electron chi connectivity index (χ2n) is 2.52. The van der Waals surface area contributed by atoms with Crippen LogP contribution >= 0.6 is 23.2 Å². The van der Waals surface area contributed by atoms with Crippen LogP contribution in [0.5, 0.6) is 0 Å². The number of ketones is 1. The molecule has 10 heavy (non-hydrogen) atoms. The fourth-order valence-electron chi connectivity index (χ4n) is 0.622. The van der Waals surface area contributed by atoms with Crippen molar-refractivity contribution in [2.24, 2.45) is 5.92 Å². The van der Waals surface area contributed by atoms with E-state index in [4.69, 9.17) is 23.2 Å². The molecular weight excluding hydrogens is 171 g/mol. The summed E-state index contributed by atoms with van der Waals surface area (Å²) < 4.78 is 0. The minimum atomic E-state index is -0.251. The molecule has 1 nitrogen and oxygen atoms in total. The average molecular weight is 183 g/mol. The lowest BCUT2D eigenvalue weighted by molar-refractivity contribution is -0.120. The first-order valence-electron chi connectivity index (χ1n) is 3.25. The van der Waals surface area contributed by atoms with E-state index < -0.39 is 0 Å². The summed E-state index contributed by atoms with van der Waals surface area (Å²) in [5.41, 5.74) is 0. The lowest BCUT2D eigenvalue weighted by Crippen LogP contribution is -2.25. The van der Waals surface area contributed by atoms with Crippen LogP contribution in [0.2, 0.25) is 0 Å². The Morgan fingerprint density at radius 3 is 1.80 bits per heavy atom. The van der Waals surface area contributed by atoms with Gasteiger partial charge in [0.15, 0.2) is 0 Å². The minimum absolute atomic E-state index is 0.0903. The summed E-state index contributed by atoms with van der Waals surface area (Å²) in [5.74, 6) is -0.0540. The van der Waals surface area contributed by atoms with Crippen LogP contribution in [0, 0.1) is 5.92 Å². The molecule has 0 spiro atoms. The zero-order valence-corrected chi connectivity index (χ0v) is 7.91. The Morgan fingerprint density at radius 2 is 1.70 bits per heavy atom. The molecule has 0 saturated carbocycles. The van der Waals surface area contributed by atoms with E-state index in [2.05, 4.69) is 0 Å². The Kier molecular flexibility index (Phi) is 4.30. The molecule has 3 heteroatoms. The standard InChI is InChI=1S/C7H12Cl2O/c1-4(6(3)10)7(9)5(2)8/h4-5,7H,1-3H3. The molecule has 0 fully saturated rings. The number of hydrogen-bond acceptors (Lipinski definition) is 1. The van der Waals surface area contributed by atoms with Crippen LogP contribution in [-0.4, -0.2) is 16.5 Å². The third kappa shape index (κ3) is 2.89. The minimum Gasteiger partial charge on any atom is -0.300 e. The predicted octanol–water partition coefficient (Wildman–Crippen LogP) is 2.45. The second kappa shape index (κ2) is 4.20. The van der Waals surface area contributed by atoms with Crippen molar-refractivity contribution in [3.8, 4) is 0 Å². The Balaban J connectivity index is 3.94. The molecule has 3 atom stereocenters. The van der Waals surface area contributed by atoms with Crippen LogP contribution in [0.3, 0.4) is 0 Å². The number of rotatable bonds is 3. The van der Waals surface area contributed by atoms with Gasteiger partial charge in [0.1, 0.15) is 5.78 Å². The van der Waals surface area contributed by atoms with E-state index in [9.17, 15) is 4.79 Å². The Bertz CT molecular complexity index is 123. The van der Waals surface area contributed by atoms with E-state index in [1.807, 2.05) is 0 Å². The SMILES string of the molecule is CC(=O)C(C)C(Cl)C(C)Cl. The zero-order valence-electron chi connectivity index (χ0n) is 6.40. The van der Waals surface area contributed by atoms with Crippen LogP contribution < -0.4 is 0 Å².